The molecule has 0 amide bonds. The van der Waals surface area contributed by atoms with Gasteiger partial charge in [0.05, 0.1) is 0 Å². The van der Waals surface area contributed by atoms with E-state index in [1.807, 2.05) is 6.20 Å². The number of aromatic nitrogens is 2. The normalized spacial score (nSPS) is 24.3. The van der Waals surface area contributed by atoms with Crippen LogP contribution in [0.3, 0.4) is 0 Å². The number of rotatable bonds is 6. The third-order valence-electron chi connectivity index (χ3n) is 4.63. The van der Waals surface area contributed by atoms with Gasteiger partial charge >= 0.3 is 0 Å². The minimum absolute atomic E-state index is 0.878. The first kappa shape index (κ1) is 14.6. The Morgan fingerprint density at radius 3 is 2.74 bits per heavy atom. The van der Waals surface area contributed by atoms with E-state index < -0.39 is 0 Å². The summed E-state index contributed by atoms with van der Waals surface area (Å²) in [7, 11) is 2.10. The second-order valence-electron chi connectivity index (χ2n) is 5.96. The van der Waals surface area contributed by atoms with Gasteiger partial charge in [0.15, 0.2) is 0 Å². The van der Waals surface area contributed by atoms with Crippen LogP contribution in [0, 0.1) is 11.8 Å². The molecule has 0 aliphatic heterocycles. The highest BCUT2D eigenvalue weighted by Crippen LogP contribution is 2.31. The van der Waals surface area contributed by atoms with Crippen molar-refractivity contribution >= 4 is 0 Å². The lowest BCUT2D eigenvalue weighted by Gasteiger charge is -2.25. The number of imidazole rings is 1. The lowest BCUT2D eigenvalue weighted by molar-refractivity contribution is 0.283. The molecule has 3 heteroatoms. The van der Waals surface area contributed by atoms with E-state index in [0.29, 0.717) is 0 Å². The number of nitrogens with one attached hydrogen (secondary N) is 1. The summed E-state index contributed by atoms with van der Waals surface area (Å²) in [5, 5.41) is 3.56. The van der Waals surface area contributed by atoms with Gasteiger partial charge < -0.3 is 9.88 Å². The molecule has 19 heavy (non-hydrogen) atoms. The van der Waals surface area contributed by atoms with Crippen LogP contribution in [0.25, 0.3) is 0 Å². The van der Waals surface area contributed by atoms with Crippen molar-refractivity contribution in [3.05, 3.63) is 18.2 Å². The number of hydrogen-bond acceptors (Lipinski definition) is 2. The predicted octanol–water partition coefficient (Wildman–Crippen LogP) is 3.16. The van der Waals surface area contributed by atoms with Crippen molar-refractivity contribution in [3.8, 4) is 0 Å². The summed E-state index contributed by atoms with van der Waals surface area (Å²) in [4.78, 5) is 4.46. The molecular formula is C16H29N3. The van der Waals surface area contributed by atoms with E-state index in [0.717, 1.165) is 24.8 Å². The van der Waals surface area contributed by atoms with Crippen molar-refractivity contribution < 1.29 is 0 Å². The smallest absolute Gasteiger partial charge is 0.108 e. The van der Waals surface area contributed by atoms with Gasteiger partial charge in [-0.25, -0.2) is 4.98 Å². The molecule has 0 aromatic carbocycles. The molecule has 108 valence electrons. The Bertz CT molecular complexity index is 359. The van der Waals surface area contributed by atoms with Crippen molar-refractivity contribution in [3.63, 3.8) is 0 Å². The third kappa shape index (κ3) is 4.34. The van der Waals surface area contributed by atoms with E-state index in [1.165, 1.54) is 50.9 Å². The Morgan fingerprint density at radius 1 is 1.26 bits per heavy atom. The molecule has 1 N–H and O–H groups in total. The zero-order valence-electron chi connectivity index (χ0n) is 12.6. The highest BCUT2D eigenvalue weighted by molar-refractivity contribution is 4.92. The standard InChI is InChI=1S/C16H29N3/c1-3-17-13-15-8-6-4-5-7-14(15)9-10-16-18-11-12-19(16)2/h11-12,14-15,17H,3-10,13H2,1-2H3. The van der Waals surface area contributed by atoms with Crippen molar-refractivity contribution in [2.24, 2.45) is 18.9 Å². The lowest BCUT2D eigenvalue weighted by atomic mass is 9.84. The first-order valence-corrected chi connectivity index (χ1v) is 7.98. The molecule has 0 bridgehead atoms. The quantitative estimate of drug-likeness (QED) is 0.799. The second kappa shape index (κ2) is 7.68. The summed E-state index contributed by atoms with van der Waals surface area (Å²) < 4.78 is 2.16. The van der Waals surface area contributed by atoms with E-state index in [4.69, 9.17) is 0 Å². The van der Waals surface area contributed by atoms with Gasteiger partial charge in [0, 0.05) is 25.9 Å². The van der Waals surface area contributed by atoms with E-state index in [2.05, 4.69) is 35.0 Å². The minimum Gasteiger partial charge on any atom is -0.338 e. The molecule has 0 spiro atoms. The van der Waals surface area contributed by atoms with Crippen molar-refractivity contribution in [2.75, 3.05) is 13.1 Å². The Kier molecular flexibility index (Phi) is 5.90. The minimum atomic E-state index is 0.878. The van der Waals surface area contributed by atoms with Crippen LogP contribution in [-0.4, -0.2) is 22.6 Å². The van der Waals surface area contributed by atoms with Gasteiger partial charge in [-0.3, -0.25) is 0 Å². The summed E-state index contributed by atoms with van der Waals surface area (Å²) in [5.41, 5.74) is 0. The fourth-order valence-corrected chi connectivity index (χ4v) is 3.39. The highest BCUT2D eigenvalue weighted by Gasteiger charge is 2.23. The molecule has 1 fully saturated rings. The summed E-state index contributed by atoms with van der Waals surface area (Å²) in [6, 6.07) is 0. The maximum absolute atomic E-state index is 4.46. The average Bonchev–Trinajstić information content (AvgIpc) is 2.70. The number of aryl methyl sites for hydroxylation is 2. The molecular weight excluding hydrogens is 234 g/mol. The molecule has 1 saturated carbocycles. The van der Waals surface area contributed by atoms with Crippen LogP contribution < -0.4 is 5.32 Å². The van der Waals surface area contributed by atoms with Crippen molar-refractivity contribution in [1.29, 1.82) is 0 Å². The molecule has 2 atom stereocenters. The summed E-state index contributed by atoms with van der Waals surface area (Å²) >= 11 is 0. The molecule has 1 aliphatic rings. The number of hydrogen-bond donors (Lipinski definition) is 1. The monoisotopic (exact) mass is 263 g/mol. The third-order valence-corrected chi connectivity index (χ3v) is 4.63. The summed E-state index contributed by atoms with van der Waals surface area (Å²) in [6.45, 7) is 4.52. The van der Waals surface area contributed by atoms with Crippen LogP contribution in [0.4, 0.5) is 0 Å². The fraction of sp³-hybridized carbons (Fsp3) is 0.812. The molecule has 0 saturated heterocycles. The Balaban J connectivity index is 1.88. The lowest BCUT2D eigenvalue weighted by Crippen LogP contribution is -2.28. The van der Waals surface area contributed by atoms with Crippen LogP contribution in [0.5, 0.6) is 0 Å². The average molecular weight is 263 g/mol. The van der Waals surface area contributed by atoms with Gasteiger partial charge in [0.25, 0.3) is 0 Å². The van der Waals surface area contributed by atoms with Crippen LogP contribution in [-0.2, 0) is 13.5 Å². The predicted molar refractivity (Wildman–Crippen MR) is 80.1 cm³/mol. The maximum Gasteiger partial charge on any atom is 0.108 e. The van der Waals surface area contributed by atoms with Gasteiger partial charge in [-0.05, 0) is 37.8 Å². The first-order valence-electron chi connectivity index (χ1n) is 7.98. The number of nitrogens with zero attached hydrogens (tertiary/aromatic N) is 2. The zero-order valence-corrected chi connectivity index (χ0v) is 12.6. The van der Waals surface area contributed by atoms with Crippen LogP contribution in [0.2, 0.25) is 0 Å². The van der Waals surface area contributed by atoms with Crippen LogP contribution in [0.1, 0.15) is 51.3 Å². The van der Waals surface area contributed by atoms with Gasteiger partial charge in [-0.1, -0.05) is 32.6 Å². The molecule has 3 nitrogen and oxygen atoms in total. The van der Waals surface area contributed by atoms with E-state index in [-0.39, 0.29) is 0 Å². The van der Waals surface area contributed by atoms with Crippen molar-refractivity contribution in [1.82, 2.24) is 14.9 Å². The van der Waals surface area contributed by atoms with Gasteiger partial charge in [-0.15, -0.1) is 0 Å². The van der Waals surface area contributed by atoms with E-state index in [9.17, 15) is 0 Å². The molecule has 1 aromatic heterocycles. The SMILES string of the molecule is CCNCC1CCCCCC1CCc1nccn1C. The van der Waals surface area contributed by atoms with Crippen LogP contribution in [0.15, 0.2) is 12.4 Å². The van der Waals surface area contributed by atoms with Gasteiger partial charge in [0.1, 0.15) is 5.82 Å². The Labute approximate surface area is 117 Å². The van der Waals surface area contributed by atoms with E-state index in [1.54, 1.807) is 0 Å². The topological polar surface area (TPSA) is 29.9 Å². The molecule has 2 unspecified atom stereocenters. The maximum atomic E-state index is 4.46. The van der Waals surface area contributed by atoms with Crippen molar-refractivity contribution in [2.45, 2.75) is 51.9 Å². The van der Waals surface area contributed by atoms with Gasteiger partial charge in [0.2, 0.25) is 0 Å². The summed E-state index contributed by atoms with van der Waals surface area (Å²) in [6.07, 6.45) is 13.5. The van der Waals surface area contributed by atoms with Crippen LogP contribution >= 0.6 is 0 Å². The molecule has 1 aliphatic carbocycles. The first-order chi connectivity index (χ1) is 9.31. The molecule has 2 rings (SSSR count). The van der Waals surface area contributed by atoms with Gasteiger partial charge in [-0.2, -0.15) is 0 Å². The zero-order chi connectivity index (χ0) is 13.5. The molecule has 1 aromatic rings. The summed E-state index contributed by atoms with van der Waals surface area (Å²) in [5.74, 6) is 3.01. The second-order valence-corrected chi connectivity index (χ2v) is 5.96. The largest absolute Gasteiger partial charge is 0.338 e. The Hall–Kier alpha value is -0.830. The molecule has 0 radical (unpaired) electrons. The Morgan fingerprint density at radius 2 is 2.05 bits per heavy atom. The highest BCUT2D eigenvalue weighted by atomic mass is 15.0. The molecule has 1 heterocycles. The fourth-order valence-electron chi connectivity index (χ4n) is 3.39. The van der Waals surface area contributed by atoms with E-state index >= 15 is 0 Å².